The van der Waals surface area contributed by atoms with Crippen LogP contribution >= 0.6 is 0 Å². The normalized spacial score (nSPS) is 10.8. The number of carbonyl (C=O) groups excluding carboxylic acids is 1. The van der Waals surface area contributed by atoms with Crippen molar-refractivity contribution in [1.29, 1.82) is 0 Å². The van der Waals surface area contributed by atoms with Gasteiger partial charge in [0.2, 0.25) is 5.91 Å². The molecular formula is C21H17N5O3. The van der Waals surface area contributed by atoms with Gasteiger partial charge >= 0.3 is 5.69 Å². The van der Waals surface area contributed by atoms with Gasteiger partial charge in [-0.05, 0) is 41.0 Å². The SMILES string of the molecule is NC(=O)c1cccc(-c2ccccc2CNc2nc(=O)n(O)c3ncccc23)c1. The number of benzene rings is 2. The maximum absolute atomic E-state index is 11.9. The molecule has 2 aromatic carbocycles. The number of primary amides is 1. The molecule has 0 saturated carbocycles. The number of nitrogens with zero attached hydrogens (tertiary/aromatic N) is 3. The Morgan fingerprint density at radius 3 is 2.76 bits per heavy atom. The predicted octanol–water partition coefficient (Wildman–Crippen LogP) is 2.41. The summed E-state index contributed by atoms with van der Waals surface area (Å²) >= 11 is 0. The van der Waals surface area contributed by atoms with Crippen molar-refractivity contribution in [2.75, 3.05) is 5.32 Å². The molecular weight excluding hydrogens is 370 g/mol. The Labute approximate surface area is 165 Å². The number of nitrogens with one attached hydrogen (secondary N) is 1. The lowest BCUT2D eigenvalue weighted by Crippen LogP contribution is -2.23. The molecule has 2 heterocycles. The van der Waals surface area contributed by atoms with Crippen molar-refractivity contribution < 1.29 is 10.0 Å². The van der Waals surface area contributed by atoms with Crippen molar-refractivity contribution in [3.8, 4) is 11.1 Å². The molecule has 8 heteroatoms. The highest BCUT2D eigenvalue weighted by molar-refractivity contribution is 5.94. The van der Waals surface area contributed by atoms with E-state index < -0.39 is 11.6 Å². The second-order valence-electron chi connectivity index (χ2n) is 6.39. The molecule has 0 bridgehead atoms. The van der Waals surface area contributed by atoms with E-state index in [1.807, 2.05) is 30.3 Å². The van der Waals surface area contributed by atoms with Crippen LogP contribution in [0.4, 0.5) is 5.82 Å². The van der Waals surface area contributed by atoms with E-state index in [0.717, 1.165) is 16.7 Å². The van der Waals surface area contributed by atoms with Gasteiger partial charge in [-0.3, -0.25) is 4.79 Å². The monoisotopic (exact) mass is 387 g/mol. The molecule has 0 radical (unpaired) electrons. The molecule has 2 aromatic heterocycles. The maximum atomic E-state index is 11.9. The fourth-order valence-corrected chi connectivity index (χ4v) is 3.15. The molecule has 1 amide bonds. The van der Waals surface area contributed by atoms with E-state index in [-0.39, 0.29) is 5.65 Å². The fraction of sp³-hybridized carbons (Fsp3) is 0.0476. The van der Waals surface area contributed by atoms with Gasteiger partial charge in [-0.25, -0.2) is 9.78 Å². The lowest BCUT2D eigenvalue weighted by molar-refractivity contribution is 0.100. The van der Waals surface area contributed by atoms with E-state index in [1.54, 1.807) is 30.3 Å². The lowest BCUT2D eigenvalue weighted by atomic mass is 9.98. The van der Waals surface area contributed by atoms with Crippen molar-refractivity contribution in [2.24, 2.45) is 5.73 Å². The zero-order valence-corrected chi connectivity index (χ0v) is 15.2. The summed E-state index contributed by atoms with van der Waals surface area (Å²) in [7, 11) is 0. The van der Waals surface area contributed by atoms with Gasteiger partial charge in [-0.2, -0.15) is 4.98 Å². The van der Waals surface area contributed by atoms with E-state index in [9.17, 15) is 14.8 Å². The number of hydrogen-bond acceptors (Lipinski definition) is 6. The molecule has 29 heavy (non-hydrogen) atoms. The highest BCUT2D eigenvalue weighted by Gasteiger charge is 2.12. The van der Waals surface area contributed by atoms with Crippen molar-refractivity contribution in [3.05, 3.63) is 88.5 Å². The first kappa shape index (κ1) is 18.2. The molecule has 0 aliphatic carbocycles. The first-order valence-electron chi connectivity index (χ1n) is 8.83. The zero-order valence-electron chi connectivity index (χ0n) is 15.2. The quantitative estimate of drug-likeness (QED) is 0.452. The van der Waals surface area contributed by atoms with Crippen LogP contribution in [-0.2, 0) is 6.54 Å². The highest BCUT2D eigenvalue weighted by atomic mass is 16.5. The van der Waals surface area contributed by atoms with Gasteiger partial charge in [-0.15, -0.1) is 4.73 Å². The van der Waals surface area contributed by atoms with Crippen LogP contribution in [0.5, 0.6) is 0 Å². The summed E-state index contributed by atoms with van der Waals surface area (Å²) in [6.07, 6.45) is 1.49. The average Bonchev–Trinajstić information content (AvgIpc) is 2.75. The number of carbonyl (C=O) groups is 1. The van der Waals surface area contributed by atoms with E-state index >= 15 is 0 Å². The third kappa shape index (κ3) is 3.51. The van der Waals surface area contributed by atoms with Gasteiger partial charge in [0.05, 0.1) is 5.39 Å². The molecule has 0 atom stereocenters. The number of aromatic nitrogens is 3. The first-order chi connectivity index (χ1) is 14.0. The van der Waals surface area contributed by atoms with Crippen molar-refractivity contribution >= 4 is 22.8 Å². The molecule has 144 valence electrons. The second kappa shape index (κ2) is 7.43. The number of rotatable bonds is 5. The minimum Gasteiger partial charge on any atom is -0.422 e. The summed E-state index contributed by atoms with van der Waals surface area (Å²) in [5, 5.41) is 13.5. The Bertz CT molecular complexity index is 1280. The van der Waals surface area contributed by atoms with Crippen LogP contribution < -0.4 is 16.7 Å². The summed E-state index contributed by atoms with van der Waals surface area (Å²) in [4.78, 5) is 31.4. The van der Waals surface area contributed by atoms with E-state index in [0.29, 0.717) is 28.0 Å². The molecule has 0 aliphatic rings. The smallest absolute Gasteiger partial charge is 0.384 e. The largest absolute Gasteiger partial charge is 0.422 e. The minimum atomic E-state index is -0.818. The van der Waals surface area contributed by atoms with Crippen LogP contribution in [0.1, 0.15) is 15.9 Å². The topological polar surface area (TPSA) is 123 Å². The van der Waals surface area contributed by atoms with Gasteiger partial charge < -0.3 is 16.3 Å². The van der Waals surface area contributed by atoms with E-state index in [4.69, 9.17) is 5.73 Å². The van der Waals surface area contributed by atoms with Gasteiger partial charge in [0.25, 0.3) is 0 Å². The Balaban J connectivity index is 1.70. The molecule has 0 aliphatic heterocycles. The number of anilines is 1. The first-order valence-corrected chi connectivity index (χ1v) is 8.83. The van der Waals surface area contributed by atoms with Gasteiger partial charge in [0.1, 0.15) is 5.82 Å². The third-order valence-electron chi connectivity index (χ3n) is 4.55. The second-order valence-corrected chi connectivity index (χ2v) is 6.39. The molecule has 0 fully saturated rings. The number of nitrogens with two attached hydrogens (primary N) is 1. The average molecular weight is 387 g/mol. The van der Waals surface area contributed by atoms with Crippen molar-refractivity contribution in [3.63, 3.8) is 0 Å². The van der Waals surface area contributed by atoms with Crippen LogP contribution in [0, 0.1) is 0 Å². The summed E-state index contributed by atoms with van der Waals surface area (Å²) in [6.45, 7) is 0.364. The number of pyridine rings is 1. The van der Waals surface area contributed by atoms with Crippen LogP contribution in [0.2, 0.25) is 0 Å². The fourth-order valence-electron chi connectivity index (χ4n) is 3.15. The number of hydrogen-bond donors (Lipinski definition) is 3. The summed E-state index contributed by atoms with van der Waals surface area (Å²) in [5.41, 5.74) is 7.83. The molecule has 0 spiro atoms. The summed E-state index contributed by atoms with van der Waals surface area (Å²) in [5.74, 6) is -0.167. The molecule has 4 aromatic rings. The molecule has 4 rings (SSSR count). The van der Waals surface area contributed by atoms with Crippen LogP contribution in [0.3, 0.4) is 0 Å². The van der Waals surface area contributed by atoms with Gasteiger partial charge in [0.15, 0.2) is 5.65 Å². The molecule has 0 unspecified atom stereocenters. The Kier molecular flexibility index (Phi) is 4.66. The highest BCUT2D eigenvalue weighted by Crippen LogP contribution is 2.26. The molecule has 0 saturated heterocycles. The standard InChI is InChI=1S/C21H17N5O3/c22-18(27)14-7-3-6-13(11-14)16-8-2-1-5-15(16)12-24-19-17-9-4-10-23-20(17)26(29)21(28)25-19/h1-11,29H,12H2,(H2,22,27)(H,24,25,28). The summed E-state index contributed by atoms with van der Waals surface area (Å²) in [6, 6.07) is 18.2. The Morgan fingerprint density at radius 2 is 1.93 bits per heavy atom. The van der Waals surface area contributed by atoms with Crippen LogP contribution in [-0.4, -0.2) is 25.8 Å². The lowest BCUT2D eigenvalue weighted by Gasteiger charge is -2.13. The Hall–Kier alpha value is -4.20. The van der Waals surface area contributed by atoms with Gasteiger partial charge in [0, 0.05) is 18.3 Å². The number of fused-ring (bicyclic) bond motifs is 1. The van der Waals surface area contributed by atoms with E-state index in [1.165, 1.54) is 6.20 Å². The van der Waals surface area contributed by atoms with Crippen LogP contribution in [0.15, 0.2) is 71.7 Å². The number of amides is 1. The van der Waals surface area contributed by atoms with Crippen molar-refractivity contribution in [2.45, 2.75) is 6.54 Å². The van der Waals surface area contributed by atoms with E-state index in [2.05, 4.69) is 15.3 Å². The zero-order chi connectivity index (χ0) is 20.4. The predicted molar refractivity (Wildman–Crippen MR) is 109 cm³/mol. The van der Waals surface area contributed by atoms with Crippen molar-refractivity contribution in [1.82, 2.24) is 14.7 Å². The molecule has 8 nitrogen and oxygen atoms in total. The maximum Gasteiger partial charge on any atom is 0.384 e. The third-order valence-corrected chi connectivity index (χ3v) is 4.55. The minimum absolute atomic E-state index is 0.123. The summed E-state index contributed by atoms with van der Waals surface area (Å²) < 4.78 is 0.420. The Morgan fingerprint density at radius 1 is 1.10 bits per heavy atom. The molecule has 4 N–H and O–H groups in total. The van der Waals surface area contributed by atoms with Gasteiger partial charge in [-0.1, -0.05) is 36.4 Å². The van der Waals surface area contributed by atoms with Crippen LogP contribution in [0.25, 0.3) is 22.2 Å².